The first-order valence-corrected chi connectivity index (χ1v) is 7.90. The van der Waals surface area contributed by atoms with Crippen molar-refractivity contribution in [2.45, 2.75) is 32.3 Å². The summed E-state index contributed by atoms with van der Waals surface area (Å²) in [6.45, 7) is 2.57. The summed E-state index contributed by atoms with van der Waals surface area (Å²) in [7, 11) is 0. The third kappa shape index (κ3) is 2.80. The minimum atomic E-state index is -1.58. The molecule has 1 aromatic rings. The van der Waals surface area contributed by atoms with Crippen molar-refractivity contribution >= 4 is 35.2 Å². The molecule has 2 heterocycles. The molecule has 0 spiro atoms. The fourth-order valence-corrected chi connectivity index (χ4v) is 2.95. The average Bonchev–Trinajstić information content (AvgIpc) is 2.99. The topological polar surface area (TPSA) is 90.0 Å². The van der Waals surface area contributed by atoms with Crippen molar-refractivity contribution in [1.29, 1.82) is 0 Å². The first-order chi connectivity index (χ1) is 11.7. The van der Waals surface area contributed by atoms with Crippen molar-refractivity contribution in [1.82, 2.24) is 4.90 Å². The third-order valence-corrected chi connectivity index (χ3v) is 4.25. The number of hydrogen-bond acceptors (Lipinski definition) is 6. The van der Waals surface area contributed by atoms with Crippen molar-refractivity contribution in [3.63, 3.8) is 0 Å². The van der Waals surface area contributed by atoms with Crippen LogP contribution in [0.25, 0.3) is 0 Å². The molecule has 1 atom stereocenters. The van der Waals surface area contributed by atoms with Crippen molar-refractivity contribution in [2.75, 3.05) is 0 Å². The summed E-state index contributed by atoms with van der Waals surface area (Å²) in [5.74, 6) is -3.29. The molecule has 2 amide bonds. The lowest BCUT2D eigenvalue weighted by Crippen LogP contribution is -2.33. The minimum Gasteiger partial charge on any atom is -0.456 e. The van der Waals surface area contributed by atoms with Gasteiger partial charge in [-0.15, -0.1) is 0 Å². The van der Waals surface area contributed by atoms with E-state index in [1.807, 2.05) is 0 Å². The van der Waals surface area contributed by atoms with E-state index in [0.717, 1.165) is 11.8 Å². The monoisotopic (exact) mass is 363 g/mol. The number of carbonyl (C=O) groups is 4. The number of imide groups is 1. The zero-order valence-electron chi connectivity index (χ0n) is 13.5. The highest BCUT2D eigenvalue weighted by molar-refractivity contribution is 6.30. The van der Waals surface area contributed by atoms with E-state index >= 15 is 0 Å². The highest BCUT2D eigenvalue weighted by Crippen LogP contribution is 2.42. The van der Waals surface area contributed by atoms with Gasteiger partial charge in [-0.25, -0.2) is 4.90 Å². The van der Waals surface area contributed by atoms with Crippen LogP contribution in [0, 0.1) is 0 Å². The lowest BCUT2D eigenvalue weighted by atomic mass is 9.92. The van der Waals surface area contributed by atoms with E-state index in [4.69, 9.17) is 21.1 Å². The molecular weight excluding hydrogens is 350 g/mol. The molecule has 0 saturated carbocycles. The van der Waals surface area contributed by atoms with Crippen molar-refractivity contribution in [3.05, 3.63) is 46.5 Å². The summed E-state index contributed by atoms with van der Waals surface area (Å²) in [5.41, 5.74) is -1.17. The van der Waals surface area contributed by atoms with Crippen LogP contribution < -0.4 is 0 Å². The van der Waals surface area contributed by atoms with Gasteiger partial charge < -0.3 is 9.47 Å². The fourth-order valence-electron chi connectivity index (χ4n) is 2.76. The number of likely N-dealkylation sites (tertiary alicyclic amines) is 1. The Bertz CT molecular complexity index is 829. The van der Waals surface area contributed by atoms with Crippen LogP contribution in [0.5, 0.6) is 0 Å². The molecule has 1 saturated heterocycles. The molecule has 0 radical (unpaired) electrons. The van der Waals surface area contributed by atoms with Crippen LogP contribution in [-0.4, -0.2) is 28.5 Å². The van der Waals surface area contributed by atoms with Crippen molar-refractivity contribution < 1.29 is 28.7 Å². The molecule has 2 aliphatic heterocycles. The van der Waals surface area contributed by atoms with Gasteiger partial charge in [0.1, 0.15) is 0 Å². The Morgan fingerprint density at radius 1 is 1.24 bits per heavy atom. The molecule has 0 aliphatic carbocycles. The SMILES string of the molecule is CC(=O)OC1=C(N2C(=O)CCC2=O)OC(C)(c2cccc(Cl)c2)C1=O. The van der Waals surface area contributed by atoms with Crippen LogP contribution in [-0.2, 0) is 34.3 Å². The molecule has 0 N–H and O–H groups in total. The van der Waals surface area contributed by atoms with E-state index in [1.165, 1.54) is 13.0 Å². The van der Waals surface area contributed by atoms with Gasteiger partial charge in [0, 0.05) is 30.4 Å². The number of carbonyl (C=O) groups excluding carboxylic acids is 4. The number of ether oxygens (including phenoxy) is 2. The van der Waals surface area contributed by atoms with E-state index in [-0.39, 0.29) is 18.7 Å². The predicted molar refractivity (Wildman–Crippen MR) is 84.8 cm³/mol. The average molecular weight is 364 g/mol. The number of benzene rings is 1. The molecule has 130 valence electrons. The molecule has 25 heavy (non-hydrogen) atoms. The maximum atomic E-state index is 12.9. The second kappa shape index (κ2) is 6.00. The van der Waals surface area contributed by atoms with Crippen molar-refractivity contribution in [2.24, 2.45) is 0 Å². The number of nitrogens with zero attached hydrogens (tertiary/aromatic N) is 1. The maximum Gasteiger partial charge on any atom is 0.308 e. The summed E-state index contributed by atoms with van der Waals surface area (Å²) >= 11 is 5.98. The van der Waals surface area contributed by atoms with Gasteiger partial charge in [0.15, 0.2) is 5.60 Å². The molecule has 0 bridgehead atoms. The Morgan fingerprint density at radius 3 is 2.44 bits per heavy atom. The zero-order valence-corrected chi connectivity index (χ0v) is 14.3. The molecule has 3 rings (SSSR count). The number of halogens is 1. The highest BCUT2D eigenvalue weighted by atomic mass is 35.5. The Morgan fingerprint density at radius 2 is 1.88 bits per heavy atom. The van der Waals surface area contributed by atoms with E-state index < -0.39 is 34.9 Å². The second-order valence-electron chi connectivity index (χ2n) is 5.83. The van der Waals surface area contributed by atoms with Crippen LogP contribution in [0.2, 0.25) is 5.02 Å². The van der Waals surface area contributed by atoms with E-state index in [2.05, 4.69) is 0 Å². The molecule has 1 fully saturated rings. The van der Waals surface area contributed by atoms with Crippen LogP contribution in [0.3, 0.4) is 0 Å². The molecule has 1 unspecified atom stereocenters. The van der Waals surface area contributed by atoms with Gasteiger partial charge in [0.2, 0.25) is 17.6 Å². The number of Topliss-reactive ketones (excluding diaryl/α,β-unsaturated/α-hetero) is 1. The first-order valence-electron chi connectivity index (χ1n) is 7.52. The molecule has 2 aliphatic rings. The highest BCUT2D eigenvalue weighted by Gasteiger charge is 2.53. The predicted octanol–water partition coefficient (Wildman–Crippen LogP) is 2.04. The third-order valence-electron chi connectivity index (χ3n) is 4.01. The maximum absolute atomic E-state index is 12.9. The Labute approximate surface area is 148 Å². The van der Waals surface area contributed by atoms with Crippen molar-refractivity contribution in [3.8, 4) is 0 Å². The van der Waals surface area contributed by atoms with Gasteiger partial charge in [-0.05, 0) is 19.1 Å². The van der Waals surface area contributed by atoms with Gasteiger partial charge in [-0.1, -0.05) is 23.7 Å². The lowest BCUT2D eigenvalue weighted by molar-refractivity contribution is -0.144. The number of hydrogen-bond donors (Lipinski definition) is 0. The standard InChI is InChI=1S/C17H14ClNO6/c1-9(20)24-14-15(23)17(2,10-4-3-5-11(18)8-10)25-16(14)19-12(21)6-7-13(19)22/h3-5,8H,6-7H2,1-2H3. The molecule has 1 aromatic carbocycles. The molecular formula is C17H14ClNO6. The van der Waals surface area contributed by atoms with Gasteiger partial charge >= 0.3 is 5.97 Å². The quantitative estimate of drug-likeness (QED) is 0.603. The Kier molecular flexibility index (Phi) is 4.12. The minimum absolute atomic E-state index is 0.00111. The van der Waals surface area contributed by atoms with Crippen LogP contribution >= 0.6 is 11.6 Å². The Hall–Kier alpha value is -2.67. The van der Waals surface area contributed by atoms with Gasteiger partial charge in [-0.2, -0.15) is 0 Å². The van der Waals surface area contributed by atoms with Crippen LogP contribution in [0.4, 0.5) is 0 Å². The smallest absolute Gasteiger partial charge is 0.308 e. The van der Waals surface area contributed by atoms with E-state index in [9.17, 15) is 19.2 Å². The summed E-state index contributed by atoms with van der Waals surface area (Å²) in [6.07, 6.45) is 0.00221. The summed E-state index contributed by atoms with van der Waals surface area (Å²) < 4.78 is 10.7. The fraction of sp³-hybridized carbons (Fsp3) is 0.294. The normalized spacial score (nSPS) is 23.3. The summed E-state index contributed by atoms with van der Waals surface area (Å²) in [5, 5.41) is 0.380. The number of rotatable bonds is 3. The van der Waals surface area contributed by atoms with E-state index in [1.54, 1.807) is 18.2 Å². The number of ketones is 1. The van der Waals surface area contributed by atoms with E-state index in [0.29, 0.717) is 10.6 Å². The Balaban J connectivity index is 2.09. The summed E-state index contributed by atoms with van der Waals surface area (Å²) in [6, 6.07) is 6.41. The molecule has 7 nitrogen and oxygen atoms in total. The zero-order chi connectivity index (χ0) is 18.4. The molecule has 0 aromatic heterocycles. The van der Waals surface area contributed by atoms with Gasteiger partial charge in [-0.3, -0.25) is 19.2 Å². The second-order valence-corrected chi connectivity index (χ2v) is 6.26. The van der Waals surface area contributed by atoms with Crippen LogP contribution in [0.15, 0.2) is 35.9 Å². The lowest BCUT2D eigenvalue weighted by Gasteiger charge is -2.25. The molecule has 8 heteroatoms. The first kappa shape index (κ1) is 17.2. The van der Waals surface area contributed by atoms with Gasteiger partial charge in [0.05, 0.1) is 0 Å². The number of esters is 1. The summed E-state index contributed by atoms with van der Waals surface area (Å²) in [4.78, 5) is 49.1. The van der Waals surface area contributed by atoms with Gasteiger partial charge in [0.25, 0.3) is 11.7 Å². The largest absolute Gasteiger partial charge is 0.456 e. The number of amides is 2. The van der Waals surface area contributed by atoms with Crippen LogP contribution in [0.1, 0.15) is 32.3 Å².